The fraction of sp³-hybridized carbons (Fsp3) is 0.0625. The molecule has 3 rings (SSSR count). The van der Waals surface area contributed by atoms with Gasteiger partial charge in [-0.3, -0.25) is 4.79 Å². The first-order chi connectivity index (χ1) is 10.6. The molecule has 0 saturated heterocycles. The first kappa shape index (κ1) is 13.8. The summed E-state index contributed by atoms with van der Waals surface area (Å²) in [5.74, 6) is -0.619. The Morgan fingerprint density at radius 2 is 1.82 bits per heavy atom. The van der Waals surface area contributed by atoms with E-state index in [1.807, 2.05) is 19.1 Å². The Kier molecular flexibility index (Phi) is 3.34. The molecule has 2 aromatic carbocycles. The number of hydrogen-bond donors (Lipinski definition) is 3. The zero-order valence-electron chi connectivity index (χ0n) is 11.7. The molecule has 0 spiro atoms. The molecule has 110 valence electrons. The predicted molar refractivity (Wildman–Crippen MR) is 81.7 cm³/mol. The number of aryl methyl sites for hydroxylation is 1. The third-order valence-electron chi connectivity index (χ3n) is 3.35. The molecular formula is C16H13N3O3. The number of phenols is 1. The Bertz CT molecular complexity index is 880. The molecule has 0 bridgehead atoms. The van der Waals surface area contributed by atoms with Gasteiger partial charge in [0.15, 0.2) is 5.69 Å². The van der Waals surface area contributed by atoms with E-state index in [0.717, 1.165) is 11.1 Å². The van der Waals surface area contributed by atoms with Crippen LogP contribution in [0.25, 0.3) is 10.9 Å². The van der Waals surface area contributed by atoms with Gasteiger partial charge in [-0.05, 0) is 36.8 Å². The summed E-state index contributed by atoms with van der Waals surface area (Å²) in [5.41, 5.74) is 2.24. The molecule has 1 aromatic heterocycles. The van der Waals surface area contributed by atoms with Gasteiger partial charge in [0.05, 0.1) is 5.52 Å². The second-order valence-corrected chi connectivity index (χ2v) is 4.87. The predicted octanol–water partition coefficient (Wildman–Crippen LogP) is 3.81. The third-order valence-corrected chi connectivity index (χ3v) is 3.35. The largest absolute Gasteiger partial charge is 0.508 e. The second-order valence-electron chi connectivity index (χ2n) is 4.87. The number of hydrogen-bond acceptors (Lipinski definition) is 4. The smallest absolute Gasteiger partial charge is 0.295 e. The van der Waals surface area contributed by atoms with Gasteiger partial charge in [0.25, 0.3) is 5.91 Å². The number of nitrogens with zero attached hydrogens (tertiary/aromatic N) is 2. The fourth-order valence-corrected chi connectivity index (χ4v) is 2.19. The number of nitrogens with one attached hydrogen (secondary N) is 1. The van der Waals surface area contributed by atoms with Gasteiger partial charge in [0.1, 0.15) is 5.75 Å². The lowest BCUT2D eigenvalue weighted by Crippen LogP contribution is -1.92. The summed E-state index contributed by atoms with van der Waals surface area (Å²) in [6.45, 7) is 1.90. The molecule has 1 heterocycles. The third kappa shape index (κ3) is 2.42. The van der Waals surface area contributed by atoms with E-state index in [-0.39, 0.29) is 17.3 Å². The van der Waals surface area contributed by atoms with Gasteiger partial charge in [0.2, 0.25) is 5.88 Å². The molecular weight excluding hydrogens is 282 g/mol. The number of aromatic hydroxyl groups is 2. The Balaban J connectivity index is 1.96. The van der Waals surface area contributed by atoms with E-state index in [2.05, 4.69) is 15.2 Å². The molecule has 0 fully saturated rings. The maximum Gasteiger partial charge on any atom is 0.295 e. The Labute approximate surface area is 125 Å². The van der Waals surface area contributed by atoms with Crippen LogP contribution in [0.1, 0.15) is 15.9 Å². The lowest BCUT2D eigenvalue weighted by atomic mass is 10.1. The van der Waals surface area contributed by atoms with Gasteiger partial charge in [-0.15, -0.1) is 10.2 Å². The summed E-state index contributed by atoms with van der Waals surface area (Å²) in [6, 6.07) is 11.2. The molecule has 0 atom stereocenters. The van der Waals surface area contributed by atoms with Crippen LogP contribution in [0.15, 0.2) is 52.7 Å². The topological polar surface area (TPSA) is 98.0 Å². The van der Waals surface area contributed by atoms with Crippen molar-refractivity contribution in [2.45, 2.75) is 6.92 Å². The molecule has 0 unspecified atom stereocenters. The van der Waals surface area contributed by atoms with Crippen molar-refractivity contribution >= 4 is 22.5 Å². The fourth-order valence-electron chi connectivity index (χ4n) is 2.19. The molecule has 1 amide bonds. The summed E-state index contributed by atoms with van der Waals surface area (Å²) in [7, 11) is 0. The van der Waals surface area contributed by atoms with Crippen molar-refractivity contribution in [3.63, 3.8) is 0 Å². The van der Waals surface area contributed by atoms with Crippen molar-refractivity contribution in [3.05, 3.63) is 53.6 Å². The number of aromatic nitrogens is 1. The zero-order chi connectivity index (χ0) is 15.7. The highest BCUT2D eigenvalue weighted by molar-refractivity contribution is 5.97. The molecule has 0 aliphatic rings. The van der Waals surface area contributed by atoms with Crippen LogP contribution in [-0.4, -0.2) is 21.1 Å². The van der Waals surface area contributed by atoms with Crippen molar-refractivity contribution in [1.29, 1.82) is 0 Å². The zero-order valence-corrected chi connectivity index (χ0v) is 11.7. The Morgan fingerprint density at radius 1 is 1.09 bits per heavy atom. The average molecular weight is 295 g/mol. The van der Waals surface area contributed by atoms with E-state index < -0.39 is 5.91 Å². The van der Waals surface area contributed by atoms with Crippen LogP contribution in [0.5, 0.6) is 11.6 Å². The Morgan fingerprint density at radius 3 is 2.55 bits per heavy atom. The minimum atomic E-state index is -0.554. The van der Waals surface area contributed by atoms with Crippen LogP contribution >= 0.6 is 0 Å². The van der Waals surface area contributed by atoms with Gasteiger partial charge >= 0.3 is 0 Å². The maximum absolute atomic E-state index is 11.9. The normalized spacial score (nSPS) is 11.3. The summed E-state index contributed by atoms with van der Waals surface area (Å²) < 4.78 is 0. The highest BCUT2D eigenvalue weighted by Crippen LogP contribution is 2.36. The highest BCUT2D eigenvalue weighted by Gasteiger charge is 2.12. The van der Waals surface area contributed by atoms with E-state index in [1.54, 1.807) is 6.07 Å². The van der Waals surface area contributed by atoms with Crippen LogP contribution < -0.4 is 0 Å². The number of carbonyl (C=O) groups is 1. The first-order valence-electron chi connectivity index (χ1n) is 6.61. The van der Waals surface area contributed by atoms with E-state index in [9.17, 15) is 15.0 Å². The van der Waals surface area contributed by atoms with Gasteiger partial charge in [-0.1, -0.05) is 18.2 Å². The van der Waals surface area contributed by atoms with E-state index in [1.165, 1.54) is 24.3 Å². The van der Waals surface area contributed by atoms with Gasteiger partial charge < -0.3 is 15.2 Å². The molecule has 0 saturated carbocycles. The second kappa shape index (κ2) is 5.33. The van der Waals surface area contributed by atoms with E-state index >= 15 is 0 Å². The van der Waals surface area contributed by atoms with E-state index in [0.29, 0.717) is 10.9 Å². The quantitative estimate of drug-likeness (QED) is 0.627. The molecule has 3 aromatic rings. The molecule has 0 radical (unpaired) electrons. The maximum atomic E-state index is 11.9. The van der Waals surface area contributed by atoms with Gasteiger partial charge in [-0.25, -0.2) is 0 Å². The summed E-state index contributed by atoms with van der Waals surface area (Å²) in [4.78, 5) is 14.8. The van der Waals surface area contributed by atoms with Crippen LogP contribution in [0, 0.1) is 6.92 Å². The number of azo groups is 1. The van der Waals surface area contributed by atoms with Crippen molar-refractivity contribution in [3.8, 4) is 11.6 Å². The van der Waals surface area contributed by atoms with Crippen molar-refractivity contribution in [2.75, 3.05) is 0 Å². The lowest BCUT2D eigenvalue weighted by molar-refractivity contribution is 0.0995. The minimum absolute atomic E-state index is 0.0678. The number of rotatable bonds is 2. The Hall–Kier alpha value is -3.15. The first-order valence-corrected chi connectivity index (χ1v) is 6.61. The number of amides is 1. The van der Waals surface area contributed by atoms with Crippen molar-refractivity contribution in [1.82, 2.24) is 4.98 Å². The van der Waals surface area contributed by atoms with Crippen LogP contribution in [0.4, 0.5) is 5.69 Å². The molecule has 0 aliphatic heterocycles. The SMILES string of the molecule is Cc1cccc2c(N=NC(=O)c3ccc(O)cc3)c(O)[nH]c12. The molecule has 6 heteroatoms. The number of aromatic amines is 1. The molecule has 6 nitrogen and oxygen atoms in total. The van der Waals surface area contributed by atoms with Crippen LogP contribution in [0.3, 0.4) is 0 Å². The summed E-state index contributed by atoms with van der Waals surface area (Å²) >= 11 is 0. The average Bonchev–Trinajstić information content (AvgIpc) is 2.83. The molecule has 22 heavy (non-hydrogen) atoms. The summed E-state index contributed by atoms with van der Waals surface area (Å²) in [6.07, 6.45) is 0. The number of phenolic OH excluding ortho intramolecular Hbond substituents is 1. The van der Waals surface area contributed by atoms with E-state index in [4.69, 9.17) is 0 Å². The number of H-pyrrole nitrogens is 1. The molecule has 0 aliphatic carbocycles. The number of fused-ring (bicyclic) bond motifs is 1. The van der Waals surface area contributed by atoms with Crippen molar-refractivity contribution < 1.29 is 15.0 Å². The highest BCUT2D eigenvalue weighted by atomic mass is 16.3. The minimum Gasteiger partial charge on any atom is -0.508 e. The molecule has 3 N–H and O–H groups in total. The number of carbonyl (C=O) groups excluding carboxylic acids is 1. The van der Waals surface area contributed by atoms with Crippen LogP contribution in [-0.2, 0) is 0 Å². The van der Waals surface area contributed by atoms with Gasteiger partial charge in [0, 0.05) is 10.9 Å². The van der Waals surface area contributed by atoms with Gasteiger partial charge in [-0.2, -0.15) is 0 Å². The van der Waals surface area contributed by atoms with Crippen molar-refractivity contribution in [2.24, 2.45) is 10.2 Å². The monoisotopic (exact) mass is 295 g/mol. The number of benzene rings is 2. The summed E-state index contributed by atoms with van der Waals surface area (Å²) in [5, 5.41) is 27.3. The number of para-hydroxylation sites is 1. The standard InChI is InChI=1S/C16H13N3O3/c1-9-3-2-4-12-13(9)17-16(22)14(12)18-19-15(21)10-5-7-11(20)8-6-10/h2-8,17,20,22H,1H3. The lowest BCUT2D eigenvalue weighted by Gasteiger charge is -1.96. The van der Waals surface area contributed by atoms with Crippen LogP contribution in [0.2, 0.25) is 0 Å².